The van der Waals surface area contributed by atoms with Gasteiger partial charge >= 0.3 is 0 Å². The predicted octanol–water partition coefficient (Wildman–Crippen LogP) is 1.05. The second kappa shape index (κ2) is 5.52. The molecule has 1 aromatic heterocycles. The molecule has 1 unspecified atom stereocenters. The van der Waals surface area contributed by atoms with Gasteiger partial charge in [-0.05, 0) is 20.0 Å². The van der Waals surface area contributed by atoms with Crippen LogP contribution >= 0.6 is 0 Å². The number of aryl methyl sites for hydroxylation is 1. The van der Waals surface area contributed by atoms with E-state index in [4.69, 9.17) is 5.26 Å². The van der Waals surface area contributed by atoms with E-state index in [0.717, 1.165) is 19.5 Å². The fraction of sp³-hybridized carbons (Fsp3) is 0.636. The monoisotopic (exact) mass is 206 g/mol. The molecule has 4 nitrogen and oxygen atoms in total. The Hall–Kier alpha value is -1.34. The lowest BCUT2D eigenvalue weighted by Crippen LogP contribution is -2.26. The van der Waals surface area contributed by atoms with Gasteiger partial charge in [-0.15, -0.1) is 0 Å². The van der Waals surface area contributed by atoms with Crippen molar-refractivity contribution in [1.82, 2.24) is 14.7 Å². The zero-order valence-electron chi connectivity index (χ0n) is 9.64. The topological polar surface area (TPSA) is 44.9 Å². The number of hydrogen-bond donors (Lipinski definition) is 0. The van der Waals surface area contributed by atoms with Crippen molar-refractivity contribution in [2.24, 2.45) is 13.0 Å². The Balaban J connectivity index is 2.32. The fourth-order valence-corrected chi connectivity index (χ4v) is 1.55. The normalized spacial score (nSPS) is 12.7. The summed E-state index contributed by atoms with van der Waals surface area (Å²) in [6.07, 6.45) is 2.79. The highest BCUT2D eigenvalue weighted by molar-refractivity contribution is 5.00. The molecule has 0 aliphatic rings. The Kier molecular flexibility index (Phi) is 4.32. The maximum Gasteiger partial charge on any atom is 0.0666 e. The Bertz CT molecular complexity index is 337. The molecule has 0 bridgehead atoms. The number of aromatic nitrogens is 2. The van der Waals surface area contributed by atoms with Crippen molar-refractivity contribution >= 4 is 0 Å². The van der Waals surface area contributed by atoms with Crippen LogP contribution in [-0.4, -0.2) is 34.8 Å². The molecule has 0 aliphatic heterocycles. The third-order valence-corrected chi connectivity index (χ3v) is 2.48. The molecule has 0 radical (unpaired) electrons. The summed E-state index contributed by atoms with van der Waals surface area (Å²) < 4.78 is 1.89. The van der Waals surface area contributed by atoms with E-state index in [9.17, 15) is 0 Å². The van der Waals surface area contributed by atoms with Gasteiger partial charge in [-0.3, -0.25) is 4.68 Å². The van der Waals surface area contributed by atoms with Crippen LogP contribution in [0.25, 0.3) is 0 Å². The Morgan fingerprint density at radius 2 is 2.40 bits per heavy atom. The molecule has 0 saturated carbocycles. The first-order valence-corrected chi connectivity index (χ1v) is 5.18. The SMILES string of the molecule is CC(C#N)CN(C)CCc1ccnn1C. The molecule has 0 saturated heterocycles. The van der Waals surface area contributed by atoms with Crippen molar-refractivity contribution in [3.05, 3.63) is 18.0 Å². The smallest absolute Gasteiger partial charge is 0.0666 e. The maximum atomic E-state index is 8.69. The van der Waals surface area contributed by atoms with Gasteiger partial charge < -0.3 is 4.90 Å². The molecule has 1 aromatic rings. The first kappa shape index (κ1) is 11.7. The molecule has 4 heteroatoms. The molecular weight excluding hydrogens is 188 g/mol. The number of nitriles is 1. The number of nitrogens with zero attached hydrogens (tertiary/aromatic N) is 4. The highest BCUT2D eigenvalue weighted by Crippen LogP contribution is 2.01. The van der Waals surface area contributed by atoms with Crippen LogP contribution in [0.4, 0.5) is 0 Å². The van der Waals surface area contributed by atoms with Gasteiger partial charge in [0, 0.05) is 38.4 Å². The number of likely N-dealkylation sites (N-methyl/N-ethyl adjacent to an activating group) is 1. The average Bonchev–Trinajstić information content (AvgIpc) is 2.61. The van der Waals surface area contributed by atoms with Crippen LogP contribution in [0.1, 0.15) is 12.6 Å². The summed E-state index contributed by atoms with van der Waals surface area (Å²) in [6, 6.07) is 4.27. The van der Waals surface area contributed by atoms with E-state index < -0.39 is 0 Å². The van der Waals surface area contributed by atoms with Crippen molar-refractivity contribution in [3.63, 3.8) is 0 Å². The summed E-state index contributed by atoms with van der Waals surface area (Å²) in [5.74, 6) is 0.0986. The third kappa shape index (κ3) is 3.72. The molecule has 0 fully saturated rings. The largest absolute Gasteiger partial charge is 0.305 e. The summed E-state index contributed by atoms with van der Waals surface area (Å²) in [5, 5.41) is 12.8. The van der Waals surface area contributed by atoms with Gasteiger partial charge in [-0.25, -0.2) is 0 Å². The molecule has 0 aliphatic carbocycles. The van der Waals surface area contributed by atoms with E-state index in [0.29, 0.717) is 0 Å². The van der Waals surface area contributed by atoms with Crippen LogP contribution in [0, 0.1) is 17.2 Å². The molecule has 0 aromatic carbocycles. The zero-order chi connectivity index (χ0) is 11.3. The molecule has 1 rings (SSSR count). The van der Waals surface area contributed by atoms with Crippen LogP contribution in [-0.2, 0) is 13.5 Å². The standard InChI is InChI=1S/C11H18N4/c1-10(8-12)9-14(2)7-5-11-4-6-13-15(11)3/h4,6,10H,5,7,9H2,1-3H3. The van der Waals surface area contributed by atoms with Crippen LogP contribution in [0.15, 0.2) is 12.3 Å². The minimum absolute atomic E-state index is 0.0986. The molecule has 82 valence electrons. The van der Waals surface area contributed by atoms with Crippen LogP contribution in [0.2, 0.25) is 0 Å². The zero-order valence-corrected chi connectivity index (χ0v) is 9.64. The summed E-state index contributed by atoms with van der Waals surface area (Å²) in [7, 11) is 4.00. The van der Waals surface area contributed by atoms with Gasteiger partial charge in [-0.2, -0.15) is 10.4 Å². The minimum Gasteiger partial charge on any atom is -0.305 e. The lowest BCUT2D eigenvalue weighted by Gasteiger charge is -2.17. The highest BCUT2D eigenvalue weighted by Gasteiger charge is 2.06. The van der Waals surface area contributed by atoms with Crippen molar-refractivity contribution in [2.75, 3.05) is 20.1 Å². The van der Waals surface area contributed by atoms with E-state index >= 15 is 0 Å². The lowest BCUT2D eigenvalue weighted by molar-refractivity contribution is 0.312. The van der Waals surface area contributed by atoms with Crippen molar-refractivity contribution in [2.45, 2.75) is 13.3 Å². The highest BCUT2D eigenvalue weighted by atomic mass is 15.3. The van der Waals surface area contributed by atoms with Crippen LogP contribution in [0.3, 0.4) is 0 Å². The van der Waals surface area contributed by atoms with E-state index in [2.05, 4.69) is 16.1 Å². The fourth-order valence-electron chi connectivity index (χ4n) is 1.55. The first-order valence-electron chi connectivity index (χ1n) is 5.18. The summed E-state index contributed by atoms with van der Waals surface area (Å²) >= 11 is 0. The Labute approximate surface area is 91.1 Å². The Morgan fingerprint density at radius 1 is 1.67 bits per heavy atom. The second-order valence-electron chi connectivity index (χ2n) is 3.99. The van der Waals surface area contributed by atoms with E-state index in [-0.39, 0.29) is 5.92 Å². The molecular formula is C11H18N4. The third-order valence-electron chi connectivity index (χ3n) is 2.48. The molecule has 15 heavy (non-hydrogen) atoms. The Morgan fingerprint density at radius 3 is 2.93 bits per heavy atom. The van der Waals surface area contributed by atoms with Crippen molar-refractivity contribution in [1.29, 1.82) is 5.26 Å². The first-order chi connectivity index (χ1) is 7.13. The summed E-state index contributed by atoms with van der Waals surface area (Å²) in [5.41, 5.74) is 1.23. The van der Waals surface area contributed by atoms with E-state index in [1.165, 1.54) is 5.69 Å². The molecule has 0 amide bonds. The molecule has 1 heterocycles. The van der Waals surface area contributed by atoms with Gasteiger partial charge in [0.1, 0.15) is 0 Å². The number of hydrogen-bond acceptors (Lipinski definition) is 3. The van der Waals surface area contributed by atoms with Crippen molar-refractivity contribution in [3.8, 4) is 6.07 Å². The number of rotatable bonds is 5. The van der Waals surface area contributed by atoms with Crippen LogP contribution in [0.5, 0.6) is 0 Å². The molecule has 0 spiro atoms. The van der Waals surface area contributed by atoms with Gasteiger partial charge in [0.15, 0.2) is 0 Å². The van der Waals surface area contributed by atoms with E-state index in [1.54, 1.807) is 0 Å². The predicted molar refractivity (Wildman–Crippen MR) is 59.2 cm³/mol. The maximum absolute atomic E-state index is 8.69. The van der Waals surface area contributed by atoms with Gasteiger partial charge in [0.2, 0.25) is 0 Å². The summed E-state index contributed by atoms with van der Waals surface area (Å²) in [6.45, 7) is 3.74. The van der Waals surface area contributed by atoms with Crippen LogP contribution < -0.4 is 0 Å². The average molecular weight is 206 g/mol. The quantitative estimate of drug-likeness (QED) is 0.723. The summed E-state index contributed by atoms with van der Waals surface area (Å²) in [4.78, 5) is 2.18. The van der Waals surface area contributed by atoms with Gasteiger partial charge in [0.05, 0.1) is 12.0 Å². The molecule has 1 atom stereocenters. The molecule has 0 N–H and O–H groups in total. The lowest BCUT2D eigenvalue weighted by atomic mass is 10.2. The van der Waals surface area contributed by atoms with Crippen molar-refractivity contribution < 1.29 is 0 Å². The second-order valence-corrected chi connectivity index (χ2v) is 3.99. The van der Waals surface area contributed by atoms with Gasteiger partial charge in [0.25, 0.3) is 0 Å². The van der Waals surface area contributed by atoms with E-state index in [1.807, 2.05) is 38.0 Å². The van der Waals surface area contributed by atoms with Gasteiger partial charge in [-0.1, -0.05) is 0 Å². The minimum atomic E-state index is 0.0986.